The first kappa shape index (κ1) is 14.2. The number of cyclic esters (lactones) is 1. The molecule has 1 aliphatic heterocycles. The Morgan fingerprint density at radius 3 is 2.70 bits per heavy atom. The van der Waals surface area contributed by atoms with Crippen LogP contribution in [-0.2, 0) is 14.3 Å². The molecule has 2 unspecified atom stereocenters. The molecule has 0 radical (unpaired) electrons. The fraction of sp³-hybridized carbons (Fsp3) is 0.400. The van der Waals surface area contributed by atoms with E-state index in [1.54, 1.807) is 24.3 Å². The van der Waals surface area contributed by atoms with Gasteiger partial charge in [-0.3, -0.25) is 9.59 Å². The second-order valence-electron chi connectivity index (χ2n) is 4.96. The van der Waals surface area contributed by atoms with Crippen LogP contribution >= 0.6 is 0 Å². The highest BCUT2D eigenvalue weighted by molar-refractivity contribution is 5.77. The van der Waals surface area contributed by atoms with Crippen molar-refractivity contribution in [3.63, 3.8) is 0 Å². The number of Topliss-reactive ketones (excluding diaryl/α,β-unsaturated/α-hetero) is 1. The van der Waals surface area contributed by atoms with Gasteiger partial charge in [0.05, 0.1) is 12.5 Å². The molecular formula is C15H17NO4. The summed E-state index contributed by atoms with van der Waals surface area (Å²) in [6.07, 6.45) is 1.72. The van der Waals surface area contributed by atoms with E-state index >= 15 is 0 Å². The van der Waals surface area contributed by atoms with Crippen LogP contribution in [0.3, 0.4) is 0 Å². The van der Waals surface area contributed by atoms with Gasteiger partial charge in [0, 0.05) is 17.7 Å². The Morgan fingerprint density at radius 1 is 1.40 bits per heavy atom. The number of benzene rings is 1. The molecule has 5 heteroatoms. The minimum Gasteiger partial charge on any atom is -0.460 e. The van der Waals surface area contributed by atoms with E-state index in [0.717, 1.165) is 12.0 Å². The monoisotopic (exact) mass is 275 g/mol. The van der Waals surface area contributed by atoms with Crippen LogP contribution in [0.25, 0.3) is 0 Å². The molecule has 0 amide bonds. The molecule has 0 bridgehead atoms. The summed E-state index contributed by atoms with van der Waals surface area (Å²) in [5.74, 6) is -0.164. The van der Waals surface area contributed by atoms with Crippen LogP contribution in [0, 0.1) is 0 Å². The van der Waals surface area contributed by atoms with Crippen molar-refractivity contribution in [3.8, 4) is 0 Å². The molecule has 1 fully saturated rings. The number of rotatable bonds is 6. The van der Waals surface area contributed by atoms with Crippen molar-refractivity contribution in [2.24, 2.45) is 0 Å². The van der Waals surface area contributed by atoms with E-state index in [2.05, 4.69) is 5.32 Å². The van der Waals surface area contributed by atoms with Gasteiger partial charge in [-0.2, -0.15) is 0 Å². The van der Waals surface area contributed by atoms with Gasteiger partial charge in [-0.05, 0) is 37.6 Å². The highest BCUT2D eigenvalue weighted by atomic mass is 16.6. The summed E-state index contributed by atoms with van der Waals surface area (Å²) in [5.41, 5.74) is 1.43. The van der Waals surface area contributed by atoms with Crippen molar-refractivity contribution in [2.45, 2.75) is 38.3 Å². The number of esters is 1. The van der Waals surface area contributed by atoms with Crippen LogP contribution in [0.1, 0.15) is 36.5 Å². The number of ether oxygens (including phenoxy) is 1. The molecule has 0 saturated carbocycles. The summed E-state index contributed by atoms with van der Waals surface area (Å²) in [6, 6.07) is 6.85. The van der Waals surface area contributed by atoms with E-state index in [1.165, 1.54) is 6.92 Å². The van der Waals surface area contributed by atoms with Crippen LogP contribution in [0.5, 0.6) is 0 Å². The molecule has 0 aromatic heterocycles. The first-order chi connectivity index (χ1) is 9.58. The number of anilines is 1. The number of ketones is 1. The van der Waals surface area contributed by atoms with Gasteiger partial charge < -0.3 is 14.8 Å². The van der Waals surface area contributed by atoms with Crippen molar-refractivity contribution in [3.05, 3.63) is 29.8 Å². The number of carbonyl (C=O) groups excluding carboxylic acids is 3. The second kappa shape index (κ2) is 6.32. The van der Waals surface area contributed by atoms with Crippen LogP contribution in [0.2, 0.25) is 0 Å². The Balaban J connectivity index is 1.99. The van der Waals surface area contributed by atoms with Gasteiger partial charge in [-0.15, -0.1) is 0 Å². The number of carbonyl (C=O) groups is 3. The maximum absolute atomic E-state index is 11.4. The second-order valence-corrected chi connectivity index (χ2v) is 4.96. The van der Waals surface area contributed by atoms with Gasteiger partial charge in [0.15, 0.2) is 0 Å². The lowest BCUT2D eigenvalue weighted by atomic mass is 10.0. The number of aldehydes is 1. The smallest absolute Gasteiger partial charge is 0.308 e. The van der Waals surface area contributed by atoms with Crippen LogP contribution in [-0.4, -0.2) is 30.2 Å². The van der Waals surface area contributed by atoms with Gasteiger partial charge in [-0.1, -0.05) is 0 Å². The largest absolute Gasteiger partial charge is 0.460 e. The molecule has 1 aromatic carbocycles. The van der Waals surface area contributed by atoms with Crippen molar-refractivity contribution >= 4 is 23.7 Å². The topological polar surface area (TPSA) is 72.5 Å². The number of hydrogen-bond acceptors (Lipinski definition) is 5. The summed E-state index contributed by atoms with van der Waals surface area (Å²) in [7, 11) is 0. The third-order valence-corrected chi connectivity index (χ3v) is 3.30. The van der Waals surface area contributed by atoms with E-state index in [1.807, 2.05) is 0 Å². The van der Waals surface area contributed by atoms with Crippen molar-refractivity contribution in [1.82, 2.24) is 0 Å². The Kier molecular flexibility index (Phi) is 4.50. The summed E-state index contributed by atoms with van der Waals surface area (Å²) >= 11 is 0. The average Bonchev–Trinajstić information content (AvgIpc) is 2.77. The number of nitrogens with one attached hydrogen (secondary N) is 1. The van der Waals surface area contributed by atoms with Crippen molar-refractivity contribution in [1.29, 1.82) is 0 Å². The summed E-state index contributed by atoms with van der Waals surface area (Å²) in [5, 5.41) is 3.22. The highest BCUT2D eigenvalue weighted by Crippen LogP contribution is 2.23. The van der Waals surface area contributed by atoms with Crippen LogP contribution in [0.15, 0.2) is 24.3 Å². The third kappa shape index (κ3) is 3.66. The van der Waals surface area contributed by atoms with E-state index in [-0.39, 0.29) is 30.3 Å². The van der Waals surface area contributed by atoms with Gasteiger partial charge in [0.1, 0.15) is 18.2 Å². The maximum atomic E-state index is 11.4. The molecule has 1 aromatic rings. The molecule has 0 spiro atoms. The first-order valence-corrected chi connectivity index (χ1v) is 6.59. The van der Waals surface area contributed by atoms with Crippen LogP contribution in [0.4, 0.5) is 5.69 Å². The lowest BCUT2D eigenvalue weighted by Crippen LogP contribution is -2.29. The quantitative estimate of drug-likeness (QED) is 0.634. The number of hydrogen-bond donors (Lipinski definition) is 1. The lowest BCUT2D eigenvalue weighted by Gasteiger charge is -2.19. The lowest BCUT2D eigenvalue weighted by molar-refractivity contribution is -0.142. The van der Waals surface area contributed by atoms with E-state index in [0.29, 0.717) is 18.4 Å². The minimum atomic E-state index is -0.280. The average molecular weight is 275 g/mol. The van der Waals surface area contributed by atoms with Crippen molar-refractivity contribution in [2.75, 3.05) is 5.32 Å². The molecule has 5 nitrogen and oxygen atoms in total. The third-order valence-electron chi connectivity index (χ3n) is 3.30. The van der Waals surface area contributed by atoms with Gasteiger partial charge in [0.25, 0.3) is 0 Å². The van der Waals surface area contributed by atoms with Gasteiger partial charge in [-0.25, -0.2) is 0 Å². The molecule has 0 aliphatic carbocycles. The summed E-state index contributed by atoms with van der Waals surface area (Å²) in [6.45, 7) is 1.53. The zero-order valence-electron chi connectivity index (χ0n) is 11.3. The molecule has 1 saturated heterocycles. The summed E-state index contributed by atoms with van der Waals surface area (Å²) in [4.78, 5) is 33.0. The highest BCUT2D eigenvalue weighted by Gasteiger charge is 2.34. The molecular weight excluding hydrogens is 258 g/mol. The molecule has 1 heterocycles. The molecule has 1 aliphatic rings. The fourth-order valence-corrected chi connectivity index (χ4v) is 2.23. The summed E-state index contributed by atoms with van der Waals surface area (Å²) < 4.78 is 5.23. The SMILES string of the molecule is CC(=O)CCC1OC(=O)CC1Nc1ccc(C=O)cc1. The zero-order chi connectivity index (χ0) is 14.5. The van der Waals surface area contributed by atoms with Gasteiger partial charge in [0.2, 0.25) is 0 Å². The predicted molar refractivity (Wildman–Crippen MR) is 73.7 cm³/mol. The normalized spacial score (nSPS) is 21.4. The standard InChI is InChI=1S/C15H17NO4/c1-10(18)2-7-14-13(8-15(19)20-14)16-12-5-3-11(9-17)4-6-12/h3-6,9,13-14,16H,2,7-8H2,1H3. The Labute approximate surface area is 117 Å². The van der Waals surface area contributed by atoms with E-state index in [9.17, 15) is 14.4 Å². The maximum Gasteiger partial charge on any atom is 0.308 e. The molecule has 20 heavy (non-hydrogen) atoms. The zero-order valence-corrected chi connectivity index (χ0v) is 11.3. The fourth-order valence-electron chi connectivity index (χ4n) is 2.23. The molecule has 1 N–H and O–H groups in total. The Bertz CT molecular complexity index is 509. The molecule has 2 atom stereocenters. The first-order valence-electron chi connectivity index (χ1n) is 6.59. The van der Waals surface area contributed by atoms with E-state index < -0.39 is 0 Å². The predicted octanol–water partition coefficient (Wildman–Crippen LogP) is 1.96. The minimum absolute atomic E-state index is 0.0852. The van der Waals surface area contributed by atoms with E-state index in [4.69, 9.17) is 4.74 Å². The molecule has 106 valence electrons. The van der Waals surface area contributed by atoms with Crippen LogP contribution < -0.4 is 5.32 Å². The van der Waals surface area contributed by atoms with Gasteiger partial charge >= 0.3 is 5.97 Å². The Hall–Kier alpha value is -2.17. The van der Waals surface area contributed by atoms with Crippen molar-refractivity contribution < 1.29 is 19.1 Å². The molecule has 2 rings (SSSR count). The Morgan fingerprint density at radius 2 is 2.10 bits per heavy atom.